The Kier molecular flexibility index (Phi) is 3.67. The summed E-state index contributed by atoms with van der Waals surface area (Å²) in [4.78, 5) is 10.2. The zero-order chi connectivity index (χ0) is 13.9. The first-order chi connectivity index (χ1) is 9.05. The number of nitro benzene ring substituents is 1. The van der Waals surface area contributed by atoms with Gasteiger partial charge in [0.25, 0.3) is 5.69 Å². The van der Waals surface area contributed by atoms with Gasteiger partial charge in [-0.05, 0) is 38.3 Å². The van der Waals surface area contributed by atoms with Crippen LogP contribution in [0.2, 0.25) is 0 Å². The molecule has 6 nitrogen and oxygen atoms in total. The Labute approximate surface area is 111 Å². The maximum absolute atomic E-state index is 10.6. The van der Waals surface area contributed by atoms with Gasteiger partial charge in [0, 0.05) is 24.4 Å². The van der Waals surface area contributed by atoms with E-state index in [4.69, 9.17) is 0 Å². The molecule has 1 aliphatic rings. The molecule has 2 rings (SSSR count). The number of nitro groups is 1. The van der Waals surface area contributed by atoms with Crippen molar-refractivity contribution in [3.05, 3.63) is 34.4 Å². The minimum absolute atomic E-state index is 0.0623. The quantitative estimate of drug-likeness (QED) is 0.667. The standard InChI is InChI=1S/C13H16N4O2/c1-13(10-14)8-2-3-9-16(13)15-11-4-6-12(7-5-11)17(18)19/h4-7,15H,2-3,8-9H2,1H3. The Bertz CT molecular complexity index is 508. The lowest BCUT2D eigenvalue weighted by atomic mass is 9.92. The highest BCUT2D eigenvalue weighted by molar-refractivity contribution is 5.48. The van der Waals surface area contributed by atoms with Gasteiger partial charge in [0.2, 0.25) is 0 Å². The number of non-ortho nitro benzene ring substituents is 1. The second-order valence-corrected chi connectivity index (χ2v) is 4.91. The van der Waals surface area contributed by atoms with Crippen LogP contribution in [0.25, 0.3) is 0 Å². The van der Waals surface area contributed by atoms with Crippen LogP contribution in [0.4, 0.5) is 11.4 Å². The van der Waals surface area contributed by atoms with Gasteiger partial charge in [-0.2, -0.15) is 5.26 Å². The molecule has 1 aliphatic heterocycles. The number of hydrogen-bond donors (Lipinski definition) is 1. The van der Waals surface area contributed by atoms with Crippen molar-refractivity contribution in [2.24, 2.45) is 0 Å². The SMILES string of the molecule is CC1(C#N)CCCCN1Nc1ccc([N+](=O)[O-])cc1. The first-order valence-electron chi connectivity index (χ1n) is 6.25. The number of hydrazine groups is 1. The molecular weight excluding hydrogens is 244 g/mol. The van der Waals surface area contributed by atoms with E-state index < -0.39 is 10.5 Å². The summed E-state index contributed by atoms with van der Waals surface area (Å²) < 4.78 is 0. The Morgan fingerprint density at radius 3 is 2.68 bits per heavy atom. The molecule has 19 heavy (non-hydrogen) atoms. The van der Waals surface area contributed by atoms with E-state index in [-0.39, 0.29) is 5.69 Å². The largest absolute Gasteiger partial charge is 0.317 e. The summed E-state index contributed by atoms with van der Waals surface area (Å²) in [5.74, 6) is 0. The molecule has 1 saturated heterocycles. The van der Waals surface area contributed by atoms with E-state index in [0.717, 1.165) is 31.5 Å². The third-order valence-electron chi connectivity index (χ3n) is 3.47. The highest BCUT2D eigenvalue weighted by atomic mass is 16.6. The maximum atomic E-state index is 10.6. The second-order valence-electron chi connectivity index (χ2n) is 4.91. The molecule has 0 amide bonds. The lowest BCUT2D eigenvalue weighted by Crippen LogP contribution is -2.51. The van der Waals surface area contributed by atoms with E-state index >= 15 is 0 Å². The predicted octanol–water partition coefficient (Wildman–Crippen LogP) is 2.69. The molecule has 0 aliphatic carbocycles. The monoisotopic (exact) mass is 260 g/mol. The van der Waals surface area contributed by atoms with Gasteiger partial charge in [-0.1, -0.05) is 0 Å². The van der Waals surface area contributed by atoms with Gasteiger partial charge in [0.1, 0.15) is 5.54 Å². The van der Waals surface area contributed by atoms with E-state index in [1.807, 2.05) is 11.9 Å². The summed E-state index contributed by atoms with van der Waals surface area (Å²) in [6.07, 6.45) is 2.91. The normalized spacial score (nSPS) is 23.6. The highest BCUT2D eigenvalue weighted by Gasteiger charge is 2.34. The van der Waals surface area contributed by atoms with Crippen LogP contribution in [-0.4, -0.2) is 22.0 Å². The van der Waals surface area contributed by atoms with Crippen LogP contribution in [0.5, 0.6) is 0 Å². The summed E-state index contributed by atoms with van der Waals surface area (Å²) in [5, 5.41) is 21.8. The predicted molar refractivity (Wildman–Crippen MR) is 71.3 cm³/mol. The molecule has 0 bridgehead atoms. The first kappa shape index (κ1) is 13.3. The molecule has 1 heterocycles. The zero-order valence-corrected chi connectivity index (χ0v) is 10.8. The van der Waals surface area contributed by atoms with Gasteiger partial charge in [0.15, 0.2) is 0 Å². The van der Waals surface area contributed by atoms with E-state index in [2.05, 4.69) is 11.5 Å². The van der Waals surface area contributed by atoms with Crippen molar-refractivity contribution in [2.45, 2.75) is 31.7 Å². The van der Waals surface area contributed by atoms with Crippen LogP contribution < -0.4 is 5.43 Å². The van der Waals surface area contributed by atoms with Crippen molar-refractivity contribution in [1.29, 1.82) is 5.26 Å². The third kappa shape index (κ3) is 2.83. The van der Waals surface area contributed by atoms with Crippen molar-refractivity contribution in [3.63, 3.8) is 0 Å². The summed E-state index contributed by atoms with van der Waals surface area (Å²) in [5.41, 5.74) is 3.47. The average Bonchev–Trinajstić information content (AvgIpc) is 2.42. The second kappa shape index (κ2) is 5.24. The Hall–Kier alpha value is -2.13. The molecule has 0 radical (unpaired) electrons. The molecule has 1 N–H and O–H groups in total. The molecule has 0 spiro atoms. The van der Waals surface area contributed by atoms with E-state index in [9.17, 15) is 15.4 Å². The van der Waals surface area contributed by atoms with Crippen LogP contribution in [0.1, 0.15) is 26.2 Å². The van der Waals surface area contributed by atoms with Crippen molar-refractivity contribution < 1.29 is 4.92 Å². The molecule has 1 aromatic rings. The minimum atomic E-state index is -0.528. The fourth-order valence-corrected chi connectivity index (χ4v) is 2.23. The minimum Gasteiger partial charge on any atom is -0.317 e. The molecule has 1 aromatic carbocycles. The van der Waals surface area contributed by atoms with Gasteiger partial charge >= 0.3 is 0 Å². The van der Waals surface area contributed by atoms with E-state index in [1.165, 1.54) is 12.1 Å². The number of nitrogens with zero attached hydrogens (tertiary/aromatic N) is 3. The van der Waals surface area contributed by atoms with Crippen molar-refractivity contribution in [1.82, 2.24) is 5.01 Å². The van der Waals surface area contributed by atoms with Gasteiger partial charge in [-0.15, -0.1) is 0 Å². The van der Waals surface area contributed by atoms with E-state index in [0.29, 0.717) is 0 Å². The Morgan fingerprint density at radius 2 is 2.11 bits per heavy atom. The molecule has 0 saturated carbocycles. The number of rotatable bonds is 3. The third-order valence-corrected chi connectivity index (χ3v) is 3.47. The molecule has 1 unspecified atom stereocenters. The number of nitrogens with one attached hydrogen (secondary N) is 1. The fourth-order valence-electron chi connectivity index (χ4n) is 2.23. The van der Waals surface area contributed by atoms with Gasteiger partial charge in [-0.3, -0.25) is 10.1 Å². The van der Waals surface area contributed by atoms with Crippen molar-refractivity contribution in [3.8, 4) is 6.07 Å². The van der Waals surface area contributed by atoms with Crippen LogP contribution in [0, 0.1) is 21.4 Å². The summed E-state index contributed by atoms with van der Waals surface area (Å²) in [6, 6.07) is 8.56. The number of hydrogen-bond acceptors (Lipinski definition) is 5. The van der Waals surface area contributed by atoms with Crippen LogP contribution >= 0.6 is 0 Å². The topological polar surface area (TPSA) is 82.2 Å². The molecule has 100 valence electrons. The van der Waals surface area contributed by atoms with Crippen molar-refractivity contribution >= 4 is 11.4 Å². The summed E-state index contributed by atoms with van der Waals surface area (Å²) in [7, 11) is 0. The highest BCUT2D eigenvalue weighted by Crippen LogP contribution is 2.28. The fraction of sp³-hybridized carbons (Fsp3) is 0.462. The van der Waals surface area contributed by atoms with Gasteiger partial charge < -0.3 is 5.43 Å². The summed E-state index contributed by atoms with van der Waals surface area (Å²) in [6.45, 7) is 2.70. The smallest absolute Gasteiger partial charge is 0.269 e. The number of anilines is 1. The Morgan fingerprint density at radius 1 is 1.42 bits per heavy atom. The van der Waals surface area contributed by atoms with Crippen molar-refractivity contribution in [2.75, 3.05) is 12.0 Å². The van der Waals surface area contributed by atoms with Crippen LogP contribution in [-0.2, 0) is 0 Å². The number of nitriles is 1. The summed E-state index contributed by atoms with van der Waals surface area (Å²) >= 11 is 0. The van der Waals surface area contributed by atoms with Gasteiger partial charge in [0.05, 0.1) is 11.0 Å². The lowest BCUT2D eigenvalue weighted by Gasteiger charge is -2.40. The average molecular weight is 260 g/mol. The molecule has 1 atom stereocenters. The first-order valence-corrected chi connectivity index (χ1v) is 6.25. The Balaban J connectivity index is 2.11. The zero-order valence-electron chi connectivity index (χ0n) is 10.8. The molecule has 0 aromatic heterocycles. The number of benzene rings is 1. The van der Waals surface area contributed by atoms with Crippen LogP contribution in [0.3, 0.4) is 0 Å². The molecular formula is C13H16N4O2. The van der Waals surface area contributed by atoms with Gasteiger partial charge in [-0.25, -0.2) is 5.01 Å². The maximum Gasteiger partial charge on any atom is 0.269 e. The van der Waals surface area contributed by atoms with Crippen LogP contribution in [0.15, 0.2) is 24.3 Å². The molecule has 6 heteroatoms. The molecule has 1 fully saturated rings. The lowest BCUT2D eigenvalue weighted by molar-refractivity contribution is -0.384. The number of piperidine rings is 1. The van der Waals surface area contributed by atoms with E-state index in [1.54, 1.807) is 12.1 Å².